The van der Waals surface area contributed by atoms with Gasteiger partial charge in [-0.2, -0.15) is 5.10 Å². The smallest absolute Gasteiger partial charge is 0.305 e. The molecule has 2 N–H and O–H groups in total. The number of nitrogens with zero attached hydrogens (tertiary/aromatic N) is 3. The molecular formula is C16H22N4O4. The molecule has 8 nitrogen and oxygen atoms in total. The van der Waals surface area contributed by atoms with E-state index in [1.165, 1.54) is 13.3 Å². The number of nitrogens with one attached hydrogen (secondary N) is 1. The van der Waals surface area contributed by atoms with Gasteiger partial charge in [-0.1, -0.05) is 0 Å². The van der Waals surface area contributed by atoms with E-state index in [0.717, 1.165) is 5.39 Å². The first kappa shape index (κ1) is 17.9. The maximum absolute atomic E-state index is 12.5. The zero-order valence-electron chi connectivity index (χ0n) is 14.2. The quantitative estimate of drug-likeness (QED) is 0.797. The molecule has 24 heavy (non-hydrogen) atoms. The van der Waals surface area contributed by atoms with Crippen molar-refractivity contribution in [2.45, 2.75) is 38.8 Å². The topological polar surface area (TPSA) is 106 Å². The zero-order valence-corrected chi connectivity index (χ0v) is 14.2. The number of carboxylic acid groups (broad SMARTS) is 1. The van der Waals surface area contributed by atoms with Crippen LogP contribution in [0.3, 0.4) is 0 Å². The number of aromatic nitrogens is 3. The molecule has 2 heterocycles. The van der Waals surface area contributed by atoms with Gasteiger partial charge in [-0.25, -0.2) is 9.67 Å². The number of hydrogen-bond acceptors (Lipinski definition) is 5. The summed E-state index contributed by atoms with van der Waals surface area (Å²) in [5.74, 6) is -1.41. The summed E-state index contributed by atoms with van der Waals surface area (Å²) < 4.78 is 6.81. The summed E-state index contributed by atoms with van der Waals surface area (Å²) >= 11 is 0. The van der Waals surface area contributed by atoms with E-state index in [2.05, 4.69) is 15.4 Å². The van der Waals surface area contributed by atoms with Crippen LogP contribution in [0, 0.1) is 0 Å². The standard InChI is InChI=1S/C16H22N4O4/c1-10(2)20-14-11(8-18-20)5-12(7-17-14)15(23)19-16(3,9-24-4)6-13(21)22/h5,7-8,10H,6,9H2,1-4H3,(H,19,23)(H,21,22). The molecule has 130 valence electrons. The lowest BCUT2D eigenvalue weighted by molar-refractivity contribution is -0.139. The van der Waals surface area contributed by atoms with Gasteiger partial charge in [-0.05, 0) is 26.8 Å². The summed E-state index contributed by atoms with van der Waals surface area (Å²) in [5.41, 5.74) is 0.0413. The number of hydrogen-bond donors (Lipinski definition) is 2. The molecule has 0 fully saturated rings. The molecule has 0 radical (unpaired) electrons. The second kappa shape index (κ2) is 6.96. The molecule has 1 amide bonds. The maximum atomic E-state index is 12.5. The Morgan fingerprint density at radius 2 is 2.12 bits per heavy atom. The lowest BCUT2D eigenvalue weighted by Crippen LogP contribution is -2.50. The Kier molecular flexibility index (Phi) is 5.18. The first-order chi connectivity index (χ1) is 11.3. The van der Waals surface area contributed by atoms with E-state index in [0.29, 0.717) is 11.2 Å². The molecule has 0 saturated carbocycles. The Bertz CT molecular complexity index is 756. The van der Waals surface area contributed by atoms with Gasteiger partial charge in [0.1, 0.15) is 0 Å². The molecule has 2 aromatic rings. The van der Waals surface area contributed by atoms with Gasteiger partial charge in [-0.3, -0.25) is 9.59 Å². The van der Waals surface area contributed by atoms with E-state index >= 15 is 0 Å². The van der Waals surface area contributed by atoms with Crippen LogP contribution < -0.4 is 5.32 Å². The third kappa shape index (κ3) is 3.88. The monoisotopic (exact) mass is 334 g/mol. The molecule has 0 spiro atoms. The van der Waals surface area contributed by atoms with Crippen LogP contribution >= 0.6 is 0 Å². The predicted molar refractivity (Wildman–Crippen MR) is 87.9 cm³/mol. The van der Waals surface area contributed by atoms with Crippen LogP contribution in [0.2, 0.25) is 0 Å². The van der Waals surface area contributed by atoms with Gasteiger partial charge in [0.05, 0.1) is 30.3 Å². The molecule has 2 rings (SSSR count). The third-order valence-electron chi connectivity index (χ3n) is 3.60. The first-order valence-electron chi connectivity index (χ1n) is 7.62. The minimum absolute atomic E-state index is 0.0893. The largest absolute Gasteiger partial charge is 0.481 e. The van der Waals surface area contributed by atoms with Crippen LogP contribution in [0.1, 0.15) is 43.6 Å². The van der Waals surface area contributed by atoms with Crippen LogP contribution in [0.15, 0.2) is 18.5 Å². The van der Waals surface area contributed by atoms with Crippen molar-refractivity contribution < 1.29 is 19.4 Å². The molecule has 0 saturated heterocycles. The highest BCUT2D eigenvalue weighted by Crippen LogP contribution is 2.18. The van der Waals surface area contributed by atoms with Crippen LogP contribution in [0.5, 0.6) is 0 Å². The fraction of sp³-hybridized carbons (Fsp3) is 0.500. The number of aliphatic carboxylic acids is 1. The number of carboxylic acids is 1. The van der Waals surface area contributed by atoms with Gasteiger partial charge >= 0.3 is 5.97 Å². The van der Waals surface area contributed by atoms with Crippen molar-refractivity contribution in [1.29, 1.82) is 0 Å². The summed E-state index contributed by atoms with van der Waals surface area (Å²) in [6, 6.07) is 1.85. The van der Waals surface area contributed by atoms with Crippen molar-refractivity contribution in [2.24, 2.45) is 0 Å². The highest BCUT2D eigenvalue weighted by Gasteiger charge is 2.30. The average molecular weight is 334 g/mol. The van der Waals surface area contributed by atoms with Crippen LogP contribution in [-0.4, -0.2) is 51.0 Å². The lowest BCUT2D eigenvalue weighted by atomic mass is 9.98. The van der Waals surface area contributed by atoms with Crippen molar-refractivity contribution in [1.82, 2.24) is 20.1 Å². The Balaban J connectivity index is 2.25. The van der Waals surface area contributed by atoms with Crippen molar-refractivity contribution >= 4 is 22.9 Å². The zero-order chi connectivity index (χ0) is 17.9. The summed E-state index contributed by atoms with van der Waals surface area (Å²) in [4.78, 5) is 27.8. The van der Waals surface area contributed by atoms with Crippen LogP contribution in [0.4, 0.5) is 0 Å². The van der Waals surface area contributed by atoms with Gasteiger partial charge in [0.2, 0.25) is 0 Å². The highest BCUT2D eigenvalue weighted by molar-refractivity contribution is 5.97. The second-order valence-electron chi connectivity index (χ2n) is 6.34. The molecule has 2 aromatic heterocycles. The number of methoxy groups -OCH3 is 1. The molecule has 0 aliphatic rings. The molecule has 0 aromatic carbocycles. The van der Waals surface area contributed by atoms with E-state index in [9.17, 15) is 9.59 Å². The van der Waals surface area contributed by atoms with E-state index < -0.39 is 17.4 Å². The van der Waals surface area contributed by atoms with Crippen LogP contribution in [0.25, 0.3) is 11.0 Å². The highest BCUT2D eigenvalue weighted by atomic mass is 16.5. The average Bonchev–Trinajstić information content (AvgIpc) is 2.89. The molecule has 8 heteroatoms. The van der Waals surface area contributed by atoms with Crippen LogP contribution in [-0.2, 0) is 9.53 Å². The SMILES string of the molecule is COCC(C)(CC(=O)O)NC(=O)c1cnc2c(cnn2C(C)C)c1. The Labute approximate surface area is 139 Å². The van der Waals surface area contributed by atoms with Crippen molar-refractivity contribution in [3.63, 3.8) is 0 Å². The maximum Gasteiger partial charge on any atom is 0.305 e. The number of fused-ring (bicyclic) bond motifs is 1. The number of pyridine rings is 1. The number of rotatable bonds is 7. The van der Waals surface area contributed by atoms with Crippen molar-refractivity contribution in [2.75, 3.05) is 13.7 Å². The minimum Gasteiger partial charge on any atom is -0.481 e. The van der Waals surface area contributed by atoms with Crippen molar-refractivity contribution in [3.8, 4) is 0 Å². The van der Waals surface area contributed by atoms with E-state index in [4.69, 9.17) is 9.84 Å². The molecule has 0 bridgehead atoms. The minimum atomic E-state index is -1.01. The number of amides is 1. The molecule has 1 atom stereocenters. The summed E-state index contributed by atoms with van der Waals surface area (Å²) in [6.07, 6.45) is 2.88. The van der Waals surface area contributed by atoms with Gasteiger partial charge in [0, 0.05) is 24.7 Å². The van der Waals surface area contributed by atoms with Gasteiger partial charge < -0.3 is 15.2 Å². The van der Waals surface area contributed by atoms with Gasteiger partial charge in [0.15, 0.2) is 5.65 Å². The Hall–Kier alpha value is -2.48. The Morgan fingerprint density at radius 3 is 2.71 bits per heavy atom. The molecule has 0 aliphatic heterocycles. The van der Waals surface area contributed by atoms with E-state index in [1.807, 2.05) is 13.8 Å². The number of carbonyl (C=O) groups excluding carboxylic acids is 1. The summed E-state index contributed by atoms with van der Waals surface area (Å²) in [6.45, 7) is 5.71. The molecule has 0 aliphatic carbocycles. The van der Waals surface area contributed by atoms with E-state index in [-0.39, 0.29) is 19.1 Å². The summed E-state index contributed by atoms with van der Waals surface area (Å²) in [5, 5.41) is 16.8. The van der Waals surface area contributed by atoms with E-state index in [1.54, 1.807) is 23.9 Å². The van der Waals surface area contributed by atoms with Gasteiger partial charge in [-0.15, -0.1) is 0 Å². The van der Waals surface area contributed by atoms with Crippen molar-refractivity contribution in [3.05, 3.63) is 24.0 Å². The lowest BCUT2D eigenvalue weighted by Gasteiger charge is -2.28. The second-order valence-corrected chi connectivity index (χ2v) is 6.34. The number of carbonyl (C=O) groups is 2. The third-order valence-corrected chi connectivity index (χ3v) is 3.60. The molecular weight excluding hydrogens is 312 g/mol. The normalized spacial score (nSPS) is 13.9. The fourth-order valence-corrected chi connectivity index (χ4v) is 2.57. The predicted octanol–water partition coefficient (Wildman–Crippen LogP) is 1.62. The fourth-order valence-electron chi connectivity index (χ4n) is 2.57. The first-order valence-corrected chi connectivity index (χ1v) is 7.62. The Morgan fingerprint density at radius 1 is 1.42 bits per heavy atom. The summed E-state index contributed by atoms with van der Waals surface area (Å²) in [7, 11) is 1.46. The number of ether oxygens (including phenoxy) is 1. The van der Waals surface area contributed by atoms with Gasteiger partial charge in [0.25, 0.3) is 5.91 Å². The molecule has 1 unspecified atom stereocenters.